The van der Waals surface area contributed by atoms with Crippen LogP contribution in [-0.4, -0.2) is 39.1 Å². The summed E-state index contributed by atoms with van der Waals surface area (Å²) in [7, 11) is -3.33. The summed E-state index contributed by atoms with van der Waals surface area (Å²) in [5.41, 5.74) is 1.77. The highest BCUT2D eigenvalue weighted by Gasteiger charge is 2.28. The highest BCUT2D eigenvalue weighted by Crippen LogP contribution is 2.31. The van der Waals surface area contributed by atoms with Crippen molar-refractivity contribution in [1.29, 1.82) is 0 Å². The van der Waals surface area contributed by atoms with Crippen molar-refractivity contribution in [3.63, 3.8) is 0 Å². The van der Waals surface area contributed by atoms with Crippen LogP contribution < -0.4 is 4.31 Å². The van der Waals surface area contributed by atoms with Crippen molar-refractivity contribution in [2.45, 2.75) is 13.3 Å². The van der Waals surface area contributed by atoms with Crippen molar-refractivity contribution < 1.29 is 27.2 Å². The Morgan fingerprint density at radius 1 is 1.29 bits per heavy atom. The molecule has 2 aromatic rings. The van der Waals surface area contributed by atoms with Crippen LogP contribution in [0.25, 0.3) is 6.08 Å². The van der Waals surface area contributed by atoms with E-state index in [-0.39, 0.29) is 11.5 Å². The zero-order chi connectivity index (χ0) is 20.3. The maximum atomic E-state index is 12.3. The molecule has 1 aliphatic heterocycles. The van der Waals surface area contributed by atoms with Crippen LogP contribution in [0, 0.1) is 0 Å². The van der Waals surface area contributed by atoms with Gasteiger partial charge in [-0.2, -0.15) is 0 Å². The van der Waals surface area contributed by atoms with Crippen LogP contribution in [0.15, 0.2) is 45.5 Å². The second-order valence-corrected chi connectivity index (χ2v) is 9.04. The van der Waals surface area contributed by atoms with Crippen LogP contribution in [0.2, 0.25) is 0 Å². The fourth-order valence-electron chi connectivity index (χ4n) is 2.83. The quantitative estimate of drug-likeness (QED) is 0.352. The van der Waals surface area contributed by atoms with Gasteiger partial charge in [-0.3, -0.25) is 9.10 Å². The van der Waals surface area contributed by atoms with E-state index >= 15 is 0 Å². The Morgan fingerprint density at radius 2 is 2.07 bits per heavy atom. The number of Topliss-reactive ketones (excluding diaryl/α,β-unsaturated/α-hetero) is 1. The third-order valence-corrected chi connectivity index (χ3v) is 6.48. The lowest BCUT2D eigenvalue weighted by molar-refractivity contribution is -0.136. The van der Waals surface area contributed by atoms with Gasteiger partial charge >= 0.3 is 5.97 Å². The number of anilines is 1. The molecule has 0 spiro atoms. The molecular formula is C19H18BrNO6S. The fourth-order valence-corrected chi connectivity index (χ4v) is 4.30. The van der Waals surface area contributed by atoms with Gasteiger partial charge in [0.05, 0.1) is 11.4 Å². The number of ketones is 1. The van der Waals surface area contributed by atoms with Gasteiger partial charge in [0.15, 0.2) is 17.1 Å². The van der Waals surface area contributed by atoms with Crippen LogP contribution in [0.1, 0.15) is 28.6 Å². The first-order valence-corrected chi connectivity index (χ1v) is 11.0. The molecule has 1 aromatic heterocycles. The summed E-state index contributed by atoms with van der Waals surface area (Å²) in [6.07, 6.45) is 3.15. The van der Waals surface area contributed by atoms with Crippen LogP contribution >= 0.6 is 15.9 Å². The Hall–Kier alpha value is -2.39. The topological polar surface area (TPSA) is 93.9 Å². The fraction of sp³-hybridized carbons (Fsp3) is 0.263. The minimum Gasteiger partial charge on any atom is -0.454 e. The molecule has 0 aliphatic carbocycles. The summed E-state index contributed by atoms with van der Waals surface area (Å²) in [6, 6.07) is 8.20. The number of hydrogen-bond donors (Lipinski definition) is 0. The minimum absolute atomic E-state index is 0.0194. The van der Waals surface area contributed by atoms with Crippen molar-refractivity contribution in [3.8, 4) is 0 Å². The van der Waals surface area contributed by atoms with Gasteiger partial charge in [-0.15, -0.1) is 0 Å². The first-order chi connectivity index (χ1) is 13.3. The van der Waals surface area contributed by atoms with Crippen LogP contribution in [0.5, 0.6) is 0 Å². The van der Waals surface area contributed by atoms with E-state index in [9.17, 15) is 18.0 Å². The monoisotopic (exact) mass is 467 g/mol. The molecule has 0 atom stereocenters. The van der Waals surface area contributed by atoms with Crippen molar-refractivity contribution in [1.82, 2.24) is 0 Å². The highest BCUT2D eigenvalue weighted by atomic mass is 79.9. The van der Waals surface area contributed by atoms with E-state index < -0.39 is 22.6 Å². The first kappa shape index (κ1) is 20.3. The van der Waals surface area contributed by atoms with Gasteiger partial charge in [0.25, 0.3) is 0 Å². The maximum absolute atomic E-state index is 12.3. The second kappa shape index (κ2) is 8.32. The lowest BCUT2D eigenvalue weighted by Crippen LogP contribution is -2.30. The van der Waals surface area contributed by atoms with Crippen molar-refractivity contribution >= 4 is 49.5 Å². The van der Waals surface area contributed by atoms with E-state index in [2.05, 4.69) is 15.9 Å². The van der Waals surface area contributed by atoms with Gasteiger partial charge in [-0.25, -0.2) is 13.2 Å². The van der Waals surface area contributed by atoms with Gasteiger partial charge in [-0.1, -0.05) is 0 Å². The van der Waals surface area contributed by atoms with Crippen LogP contribution in [0.3, 0.4) is 0 Å². The number of rotatable bonds is 7. The molecule has 0 radical (unpaired) electrons. The average Bonchev–Trinajstić information content (AvgIpc) is 3.30. The second-order valence-electron chi connectivity index (χ2n) is 6.07. The molecule has 0 amide bonds. The summed E-state index contributed by atoms with van der Waals surface area (Å²) in [6.45, 7) is 1.56. The van der Waals surface area contributed by atoms with Gasteiger partial charge in [-0.05, 0) is 71.2 Å². The summed E-state index contributed by atoms with van der Waals surface area (Å²) in [4.78, 5) is 24.0. The number of carbonyl (C=O) groups is 2. The zero-order valence-electron chi connectivity index (χ0n) is 15.1. The molecule has 1 aliphatic rings. The van der Waals surface area contributed by atoms with E-state index in [1.165, 1.54) is 16.5 Å². The molecule has 0 fully saturated rings. The van der Waals surface area contributed by atoms with Gasteiger partial charge in [0.2, 0.25) is 10.0 Å². The number of ether oxygens (including phenoxy) is 1. The molecule has 148 valence electrons. The Bertz CT molecular complexity index is 1040. The van der Waals surface area contributed by atoms with Gasteiger partial charge in [0.1, 0.15) is 5.76 Å². The van der Waals surface area contributed by atoms with E-state index in [0.717, 1.165) is 5.56 Å². The number of sulfonamides is 1. The van der Waals surface area contributed by atoms with Crippen molar-refractivity contribution in [2.24, 2.45) is 0 Å². The number of hydrogen-bond acceptors (Lipinski definition) is 6. The molecular weight excluding hydrogens is 450 g/mol. The zero-order valence-corrected chi connectivity index (χ0v) is 17.5. The first-order valence-electron chi connectivity index (χ1n) is 8.57. The Kier molecular flexibility index (Phi) is 6.04. The number of nitrogens with zero attached hydrogens (tertiary/aromatic N) is 1. The number of furan rings is 1. The molecule has 0 saturated carbocycles. The Morgan fingerprint density at radius 3 is 2.75 bits per heavy atom. The van der Waals surface area contributed by atoms with Crippen molar-refractivity contribution in [2.75, 3.05) is 23.2 Å². The lowest BCUT2D eigenvalue weighted by atomic mass is 10.1. The van der Waals surface area contributed by atoms with E-state index in [1.54, 1.807) is 37.3 Å². The lowest BCUT2D eigenvalue weighted by Gasteiger charge is -2.18. The largest absolute Gasteiger partial charge is 0.454 e. The minimum atomic E-state index is -3.33. The normalized spacial score (nSPS) is 13.7. The van der Waals surface area contributed by atoms with Crippen molar-refractivity contribution in [3.05, 3.63) is 58.0 Å². The van der Waals surface area contributed by atoms with E-state index in [0.29, 0.717) is 34.6 Å². The number of fused-ring (bicyclic) bond motifs is 1. The molecule has 0 N–H and O–H groups in total. The molecule has 3 rings (SSSR count). The predicted molar refractivity (Wildman–Crippen MR) is 108 cm³/mol. The van der Waals surface area contributed by atoms with Gasteiger partial charge in [0, 0.05) is 18.2 Å². The highest BCUT2D eigenvalue weighted by molar-refractivity contribution is 9.10. The molecule has 0 unspecified atom stereocenters. The average molecular weight is 468 g/mol. The van der Waals surface area contributed by atoms with E-state index in [1.807, 2.05) is 0 Å². The smallest absolute Gasteiger partial charge is 0.331 e. The van der Waals surface area contributed by atoms with Gasteiger partial charge < -0.3 is 9.15 Å². The molecule has 2 heterocycles. The SMILES string of the molecule is CCS(=O)(=O)N1CCc2cc(C(=O)COC(=O)/C=C/c3ccc(Br)o3)ccc21. The number of halogens is 1. The Labute approximate surface area is 171 Å². The predicted octanol–water partition coefficient (Wildman–Crippen LogP) is 3.19. The molecule has 0 bridgehead atoms. The standard InChI is InChI=1S/C19H18BrNO6S/c1-2-28(24,25)21-10-9-13-11-14(3-6-16(13)21)17(22)12-26-19(23)8-5-15-4-7-18(20)27-15/h3-8,11H,2,9-10,12H2,1H3/b8-5+. The summed E-state index contributed by atoms with van der Waals surface area (Å²) in [5, 5.41) is 0. The third kappa shape index (κ3) is 4.53. The number of esters is 1. The molecule has 7 nitrogen and oxygen atoms in total. The van der Waals surface area contributed by atoms with Crippen LogP contribution in [0.4, 0.5) is 5.69 Å². The molecule has 1 aromatic carbocycles. The summed E-state index contributed by atoms with van der Waals surface area (Å²) in [5.74, 6) is -0.532. The molecule has 9 heteroatoms. The summed E-state index contributed by atoms with van der Waals surface area (Å²) >= 11 is 3.16. The summed E-state index contributed by atoms with van der Waals surface area (Å²) < 4.78 is 36.3. The third-order valence-electron chi connectivity index (χ3n) is 4.28. The number of carbonyl (C=O) groups excluding carboxylic acids is 2. The Balaban J connectivity index is 1.61. The van der Waals surface area contributed by atoms with E-state index in [4.69, 9.17) is 9.15 Å². The number of benzene rings is 1. The molecule has 28 heavy (non-hydrogen) atoms. The van der Waals surface area contributed by atoms with Crippen LogP contribution in [-0.2, 0) is 26.0 Å². The molecule has 0 saturated heterocycles. The maximum Gasteiger partial charge on any atom is 0.331 e.